The van der Waals surface area contributed by atoms with Crippen LogP contribution in [-0.4, -0.2) is 63.0 Å². The molecule has 2 fully saturated rings. The number of carboxylic acid groups (broad SMARTS) is 1. The molecule has 1 saturated heterocycles. The number of halogens is 3. The number of amides is 2. The lowest BCUT2D eigenvalue weighted by molar-refractivity contribution is -0.145. The standard InChI is InChI=1S/C32H33F3N4O5S/c33-32(34,35)19-12-14-21(15-13-19)36-24-10-5-3-1-2-4-8-20-17-31(20,29(42)43)38-27(40)25-16-22(18-39(25)28(24)41)44-30-37-23-9-6-7-11-26(23)45-30/h4,6-9,11-15,20,22,24-25,36H,1-3,5,10,16-18H2,(H,38,40)(H,42,43)/b8-4-/t20-,22+,24-,25-,31+/m0/s1. The van der Waals surface area contributed by atoms with E-state index in [-0.39, 0.29) is 25.3 Å². The molecule has 238 valence electrons. The van der Waals surface area contributed by atoms with Crippen LogP contribution in [0.2, 0.25) is 0 Å². The molecule has 0 radical (unpaired) electrons. The third-order valence-electron chi connectivity index (χ3n) is 8.72. The van der Waals surface area contributed by atoms with Gasteiger partial charge in [0.05, 0.1) is 22.3 Å². The number of carboxylic acids is 1. The zero-order valence-electron chi connectivity index (χ0n) is 24.3. The monoisotopic (exact) mass is 642 g/mol. The molecule has 3 aromatic rings. The number of fused-ring (bicyclic) bond motifs is 3. The fourth-order valence-corrected chi connectivity index (χ4v) is 7.03. The number of nitrogens with zero attached hydrogens (tertiary/aromatic N) is 2. The minimum Gasteiger partial charge on any atom is -0.479 e. The highest BCUT2D eigenvalue weighted by atomic mass is 32.1. The Hall–Kier alpha value is -4.13. The predicted octanol–water partition coefficient (Wildman–Crippen LogP) is 5.62. The SMILES string of the molecule is O=C1N[C@]2(C(=O)O)C[C@@H]2/C=C\CCCCC[C@H](Nc2ccc(C(F)(F)F)cc2)C(=O)N2C[C@H](Oc3nc4ccccc4s3)C[C@@H]12. The average Bonchev–Trinajstić information content (AvgIpc) is 3.31. The molecule has 3 heterocycles. The fraction of sp³-hybridized carbons (Fsp3) is 0.438. The largest absolute Gasteiger partial charge is 0.479 e. The molecule has 3 N–H and O–H groups in total. The highest BCUT2D eigenvalue weighted by Crippen LogP contribution is 2.45. The van der Waals surface area contributed by atoms with Crippen molar-refractivity contribution in [3.8, 4) is 5.19 Å². The van der Waals surface area contributed by atoms with Crippen molar-refractivity contribution in [2.45, 2.75) is 74.8 Å². The summed E-state index contributed by atoms with van der Waals surface area (Å²) >= 11 is 1.35. The molecule has 3 aliphatic rings. The Balaban J connectivity index is 1.28. The highest BCUT2D eigenvalue weighted by molar-refractivity contribution is 7.20. The van der Waals surface area contributed by atoms with E-state index >= 15 is 0 Å². The van der Waals surface area contributed by atoms with E-state index in [1.807, 2.05) is 36.4 Å². The number of nitrogens with one attached hydrogen (secondary N) is 2. The van der Waals surface area contributed by atoms with Gasteiger partial charge in [0.1, 0.15) is 23.7 Å². The number of ether oxygens (including phenoxy) is 1. The van der Waals surface area contributed by atoms with Crippen LogP contribution < -0.4 is 15.4 Å². The Labute approximate surface area is 261 Å². The van der Waals surface area contributed by atoms with E-state index in [1.165, 1.54) is 28.4 Å². The van der Waals surface area contributed by atoms with Crippen LogP contribution in [0.1, 0.15) is 50.5 Å². The number of alkyl halides is 3. The number of aromatic nitrogens is 1. The van der Waals surface area contributed by atoms with Gasteiger partial charge in [-0.1, -0.05) is 48.5 Å². The summed E-state index contributed by atoms with van der Waals surface area (Å²) in [7, 11) is 0. The molecule has 5 atom stereocenters. The Kier molecular flexibility index (Phi) is 8.47. The molecule has 1 aromatic heterocycles. The van der Waals surface area contributed by atoms with Crippen molar-refractivity contribution in [1.29, 1.82) is 0 Å². The first-order chi connectivity index (χ1) is 21.5. The molecule has 1 aliphatic carbocycles. The lowest BCUT2D eigenvalue weighted by atomic mass is 10.0. The molecule has 0 spiro atoms. The summed E-state index contributed by atoms with van der Waals surface area (Å²) in [4.78, 5) is 46.2. The lowest BCUT2D eigenvalue weighted by Gasteiger charge is -2.30. The van der Waals surface area contributed by atoms with Gasteiger partial charge in [-0.3, -0.25) is 9.59 Å². The molecule has 0 unspecified atom stereocenters. The van der Waals surface area contributed by atoms with Gasteiger partial charge in [0.15, 0.2) is 0 Å². The Bertz CT molecular complexity index is 1580. The molecule has 2 aromatic carbocycles. The van der Waals surface area contributed by atoms with Crippen molar-refractivity contribution in [1.82, 2.24) is 15.2 Å². The molecule has 1 saturated carbocycles. The quantitative estimate of drug-likeness (QED) is 0.309. The van der Waals surface area contributed by atoms with Gasteiger partial charge in [0, 0.05) is 18.0 Å². The normalized spacial score (nSPS) is 28.3. The number of carbonyl (C=O) groups is 3. The van der Waals surface area contributed by atoms with E-state index < -0.39 is 53.2 Å². The van der Waals surface area contributed by atoms with Crippen molar-refractivity contribution in [3.05, 3.63) is 66.2 Å². The van der Waals surface area contributed by atoms with E-state index in [9.17, 15) is 32.7 Å². The van der Waals surface area contributed by atoms with Crippen molar-refractivity contribution in [2.24, 2.45) is 5.92 Å². The first kappa shape index (κ1) is 30.9. The minimum atomic E-state index is -4.49. The van der Waals surface area contributed by atoms with Crippen molar-refractivity contribution < 1.29 is 37.4 Å². The summed E-state index contributed by atoms with van der Waals surface area (Å²) in [6.07, 6.45) is 2.48. The summed E-state index contributed by atoms with van der Waals surface area (Å²) in [5.41, 5.74) is -1.13. The van der Waals surface area contributed by atoms with Crippen LogP contribution in [0.25, 0.3) is 10.2 Å². The number of carbonyl (C=O) groups excluding carboxylic acids is 2. The van der Waals surface area contributed by atoms with Crippen LogP contribution >= 0.6 is 11.3 Å². The van der Waals surface area contributed by atoms with Crippen LogP contribution in [-0.2, 0) is 20.6 Å². The number of hydrogen-bond donors (Lipinski definition) is 3. The van der Waals surface area contributed by atoms with Crippen LogP contribution in [0.15, 0.2) is 60.7 Å². The number of aliphatic carboxylic acids is 1. The predicted molar refractivity (Wildman–Crippen MR) is 162 cm³/mol. The number of anilines is 1. The topological polar surface area (TPSA) is 121 Å². The van der Waals surface area contributed by atoms with Crippen molar-refractivity contribution in [3.63, 3.8) is 0 Å². The Morgan fingerprint density at radius 1 is 1.11 bits per heavy atom. The average molecular weight is 643 g/mol. The first-order valence-electron chi connectivity index (χ1n) is 15.0. The van der Waals surface area contributed by atoms with Crippen LogP contribution in [0, 0.1) is 5.92 Å². The summed E-state index contributed by atoms with van der Waals surface area (Å²) in [5.74, 6) is -2.47. The second-order valence-corrected chi connectivity index (χ2v) is 12.8. The smallest absolute Gasteiger partial charge is 0.416 e. The number of hydrogen-bond acceptors (Lipinski definition) is 7. The molecule has 2 aliphatic heterocycles. The second kappa shape index (κ2) is 12.3. The Morgan fingerprint density at radius 2 is 1.89 bits per heavy atom. The third kappa shape index (κ3) is 6.63. The molecule has 9 nitrogen and oxygen atoms in total. The number of thiazole rings is 1. The van der Waals surface area contributed by atoms with Gasteiger partial charge in [-0.15, -0.1) is 0 Å². The number of benzene rings is 2. The van der Waals surface area contributed by atoms with Gasteiger partial charge in [-0.25, -0.2) is 9.78 Å². The zero-order valence-corrected chi connectivity index (χ0v) is 25.1. The van der Waals surface area contributed by atoms with Gasteiger partial charge >= 0.3 is 12.1 Å². The third-order valence-corrected chi connectivity index (χ3v) is 9.64. The van der Waals surface area contributed by atoms with E-state index in [0.717, 1.165) is 41.6 Å². The van der Waals surface area contributed by atoms with Crippen LogP contribution in [0.3, 0.4) is 0 Å². The van der Waals surface area contributed by atoms with Gasteiger partial charge in [0.25, 0.3) is 5.19 Å². The molecule has 13 heteroatoms. The molecule has 6 rings (SSSR count). The summed E-state index contributed by atoms with van der Waals surface area (Å²) in [6, 6.07) is 10.2. The van der Waals surface area contributed by atoms with Crippen molar-refractivity contribution >= 4 is 45.0 Å². The highest BCUT2D eigenvalue weighted by Gasteiger charge is 2.61. The summed E-state index contributed by atoms with van der Waals surface area (Å²) in [6.45, 7) is 0.0570. The van der Waals surface area contributed by atoms with Gasteiger partial charge in [-0.2, -0.15) is 13.2 Å². The van der Waals surface area contributed by atoms with E-state index in [1.54, 1.807) is 0 Å². The molecular formula is C32H33F3N4O5S. The van der Waals surface area contributed by atoms with E-state index in [4.69, 9.17) is 4.74 Å². The first-order valence-corrected chi connectivity index (χ1v) is 15.8. The van der Waals surface area contributed by atoms with Crippen molar-refractivity contribution in [2.75, 3.05) is 11.9 Å². The Morgan fingerprint density at radius 3 is 2.62 bits per heavy atom. The van der Waals surface area contributed by atoms with Gasteiger partial charge in [0.2, 0.25) is 11.8 Å². The molecule has 45 heavy (non-hydrogen) atoms. The maximum atomic E-state index is 14.2. The molecular weight excluding hydrogens is 609 g/mol. The minimum absolute atomic E-state index is 0.0570. The number of para-hydroxylation sites is 1. The van der Waals surface area contributed by atoms with Gasteiger partial charge in [-0.05, 0) is 62.1 Å². The fourth-order valence-electron chi connectivity index (χ4n) is 6.15. The summed E-state index contributed by atoms with van der Waals surface area (Å²) in [5, 5.41) is 16.3. The lowest BCUT2D eigenvalue weighted by Crippen LogP contribution is -2.55. The second-order valence-electron chi connectivity index (χ2n) is 11.8. The van der Waals surface area contributed by atoms with E-state index in [2.05, 4.69) is 15.6 Å². The maximum absolute atomic E-state index is 14.2. The van der Waals surface area contributed by atoms with Gasteiger partial charge < -0.3 is 25.4 Å². The van der Waals surface area contributed by atoms with Crippen LogP contribution in [0.5, 0.6) is 5.19 Å². The van der Waals surface area contributed by atoms with E-state index in [0.29, 0.717) is 23.7 Å². The maximum Gasteiger partial charge on any atom is 0.416 e. The number of rotatable bonds is 5. The zero-order chi connectivity index (χ0) is 31.8. The molecule has 2 amide bonds. The molecule has 0 bridgehead atoms. The van der Waals surface area contributed by atoms with Crippen LogP contribution in [0.4, 0.5) is 18.9 Å². The number of allylic oxidation sites excluding steroid dienone is 1. The summed E-state index contributed by atoms with van der Waals surface area (Å²) < 4.78 is 46.6.